The van der Waals surface area contributed by atoms with Gasteiger partial charge >= 0.3 is 47.8 Å². The van der Waals surface area contributed by atoms with Gasteiger partial charge in [0.25, 0.3) is 0 Å². The zero-order chi connectivity index (χ0) is 101. The lowest BCUT2D eigenvalue weighted by Crippen LogP contribution is -2.49. The van der Waals surface area contributed by atoms with E-state index in [1.54, 1.807) is 27.7 Å². The highest BCUT2D eigenvalue weighted by Gasteiger charge is 2.38. The van der Waals surface area contributed by atoms with E-state index in [2.05, 4.69) is 58.2 Å². The first-order chi connectivity index (χ1) is 63.4. The van der Waals surface area contributed by atoms with Crippen LogP contribution in [0.4, 0.5) is 8.78 Å². The molecule has 1 aromatic heterocycles. The summed E-state index contributed by atoms with van der Waals surface area (Å²) in [5.41, 5.74) is 8.85. The predicted octanol–water partition coefficient (Wildman–Crippen LogP) is 1.53. The van der Waals surface area contributed by atoms with Crippen LogP contribution in [0.25, 0.3) is 10.4 Å². The van der Waals surface area contributed by atoms with Crippen LogP contribution in [0.1, 0.15) is 169 Å². The number of carboxylic acids is 8. The van der Waals surface area contributed by atoms with Crippen LogP contribution >= 0.6 is 0 Å². The summed E-state index contributed by atoms with van der Waals surface area (Å²) in [4.78, 5) is 251. The molecule has 1 heterocycles. The van der Waals surface area contributed by atoms with Crippen LogP contribution in [-0.2, 0) is 147 Å². The quantitative estimate of drug-likeness (QED) is 0.0145. The van der Waals surface area contributed by atoms with Crippen LogP contribution in [0.3, 0.4) is 0 Å². The summed E-state index contributed by atoms with van der Waals surface area (Å²) in [5, 5.41) is 98.7. The number of carbonyl (C=O) groups excluding carboxylic acids is 12. The molecule has 0 unspecified atom stereocenters. The Hall–Kier alpha value is -11.8. The Morgan fingerprint density at radius 2 is 0.739 bits per heavy atom. The van der Waals surface area contributed by atoms with E-state index in [1.165, 1.54) is 20.0 Å². The molecule has 48 nitrogen and oxygen atoms in total. The minimum Gasteiger partial charge on any atom is -0.481 e. The summed E-state index contributed by atoms with van der Waals surface area (Å²) < 4.78 is 67.0. The van der Waals surface area contributed by atoms with Crippen molar-refractivity contribution in [1.29, 1.82) is 0 Å². The van der Waals surface area contributed by atoms with Crippen molar-refractivity contribution in [1.82, 2.24) is 46.9 Å². The van der Waals surface area contributed by atoms with Crippen molar-refractivity contribution in [2.45, 2.75) is 201 Å². The first kappa shape index (κ1) is 124. The predicted molar refractivity (Wildman–Crippen MR) is 460 cm³/mol. The van der Waals surface area contributed by atoms with Gasteiger partial charge in [-0.15, -0.1) is 17.4 Å². The van der Waals surface area contributed by atoms with Gasteiger partial charge in [-0.05, 0) is 49.5 Å². The molecule has 0 bridgehead atoms. The average molecular weight is 1920 g/mol. The largest absolute Gasteiger partial charge is 0.481 e. The summed E-state index contributed by atoms with van der Waals surface area (Å²) in [7, 11) is 0. The van der Waals surface area contributed by atoms with Crippen LogP contribution in [0.2, 0.25) is 0 Å². The fraction of sp³-hybridized carbons (Fsp3) is 0.714. The lowest BCUT2D eigenvalue weighted by atomic mass is 9.86. The summed E-state index contributed by atoms with van der Waals surface area (Å²) in [6.07, 6.45) is -1.57. The molecule has 0 aliphatic rings. The van der Waals surface area contributed by atoms with E-state index >= 15 is 0 Å². The van der Waals surface area contributed by atoms with E-state index in [4.69, 9.17) is 60.1 Å². The van der Waals surface area contributed by atoms with Gasteiger partial charge in [0.1, 0.15) is 12.3 Å². The molecule has 0 aromatic carbocycles. The van der Waals surface area contributed by atoms with Crippen LogP contribution in [0.15, 0.2) is 11.3 Å². The molecule has 1 aromatic rings. The molecule has 134 heavy (non-hydrogen) atoms. The molecule has 0 saturated heterocycles. The molecule has 0 aliphatic heterocycles. The van der Waals surface area contributed by atoms with E-state index in [0.29, 0.717) is 18.5 Å². The average Bonchev–Trinajstić information content (AvgIpc) is 0.916. The molecule has 0 aliphatic carbocycles. The number of nitrogens with zero attached hydrogens (tertiary/aromatic N) is 6. The number of alkyl halides is 2. The molecular weight excluding hydrogens is 1790 g/mol. The summed E-state index contributed by atoms with van der Waals surface area (Å²) >= 11 is 0. The Morgan fingerprint density at radius 3 is 1.05 bits per heavy atom. The number of aliphatic carboxylic acids is 8. The minimum absolute atomic E-state index is 0.0724. The summed E-state index contributed by atoms with van der Waals surface area (Å²) in [5.74, 6) is -26.5. The fourth-order valence-electron chi connectivity index (χ4n) is 11.7. The molecule has 1 rings (SSSR count). The number of Topliss-reactive ketones (excluding diaryl/α,β-unsaturated/α-hetero) is 6. The smallest absolute Gasteiger partial charge is 0.305 e. The molecule has 0 saturated carbocycles. The number of hydrogen-bond donors (Lipinski definition) is 14. The molecule has 756 valence electrons. The van der Waals surface area contributed by atoms with Crippen molar-refractivity contribution >= 4 is 118 Å². The first-order valence-corrected chi connectivity index (χ1v) is 43.2. The molecule has 14 N–H and O–H groups in total. The number of carboxylic acid groups (broad SMARTS) is 8. The number of azide groups is 1. The van der Waals surface area contributed by atoms with Gasteiger partial charge < -0.3 is 111 Å². The molecule has 10 atom stereocenters. The number of ketones is 6. The maximum absolute atomic E-state index is 13.7. The van der Waals surface area contributed by atoms with Crippen molar-refractivity contribution < 1.29 is 183 Å². The van der Waals surface area contributed by atoms with E-state index in [1.807, 2.05) is 0 Å². The molecular formula is C84H130F2N12O36. The SMILES string of the molecule is C#CCCC[18F].CC(C)[C@H](CC(=O)[C@H](CCC(=O)O)NC(=O)[C@H](CC(=O)O)CC(=O)CN=[N+]=[N-])C(=O)N[C@@H](CC(=O)O)C(=O)C[C@@H](C)C(=O)NCCOCCOCCOCCOCCC(=O)O.CC(C)[C@H](CC(=O)[C@H](CCC(=O)O)NC(=O)[C@H](CC(=O)O)CC(=O)Cn1cc(CCC[18F])nn1)C(=O)N[C@@H](CC(=O)O)C(=O)C[C@@H](C)C(=O)NCCOCCOCCOCCOCCC(=O)O. The third kappa shape index (κ3) is 64.9. The van der Waals surface area contributed by atoms with Crippen LogP contribution in [0, 0.1) is 59.7 Å². The van der Waals surface area contributed by atoms with Gasteiger partial charge in [0, 0.05) is 106 Å². The Labute approximate surface area is 771 Å². The van der Waals surface area contributed by atoms with Gasteiger partial charge in [-0.3, -0.25) is 105 Å². The third-order valence-electron chi connectivity index (χ3n) is 18.9. The second-order valence-corrected chi connectivity index (χ2v) is 30.9. The third-order valence-corrected chi connectivity index (χ3v) is 18.9. The van der Waals surface area contributed by atoms with Gasteiger partial charge in [-0.2, -0.15) is 0 Å². The zero-order valence-corrected chi connectivity index (χ0v) is 76.2. The number of halogens is 2. The van der Waals surface area contributed by atoms with Gasteiger partial charge in [0.05, 0.1) is 206 Å². The number of ether oxygens (including phenoxy) is 8. The van der Waals surface area contributed by atoms with Crippen LogP contribution in [0.5, 0.6) is 0 Å². The number of amides is 6. The molecule has 0 radical (unpaired) electrons. The highest BCUT2D eigenvalue weighted by molar-refractivity contribution is 6.00. The van der Waals surface area contributed by atoms with E-state index in [-0.39, 0.29) is 151 Å². The number of hydrogen-bond acceptors (Lipinski definition) is 31. The van der Waals surface area contributed by atoms with Gasteiger partial charge in [-0.25, -0.2) is 4.68 Å². The summed E-state index contributed by atoms with van der Waals surface area (Å²) in [6.45, 7) is 10.7. The Bertz CT molecular complexity index is 3950. The van der Waals surface area contributed by atoms with Crippen molar-refractivity contribution in [2.24, 2.45) is 52.5 Å². The maximum Gasteiger partial charge on any atom is 0.305 e. The minimum atomic E-state index is -1.61. The van der Waals surface area contributed by atoms with Gasteiger partial charge in [0.2, 0.25) is 35.4 Å². The van der Waals surface area contributed by atoms with E-state index in [0.717, 1.165) is 4.68 Å². The molecule has 50 heteroatoms. The standard InChI is InChI=1S/C42H65FN6O18.C37H58N6O18.C5H7F/c1-26(2)31(22-35(52)32(6-7-36(53)54)45-41(62)28(21-38(57)58)20-30(50)25-49-24-29(47-48-49)5-4-9-43)42(63)46-33(23-39(59)60)34(51)19-27(3)40(61)44-10-12-65-14-16-67-18-17-66-15-13-64-11-8-37(55)56;1-22(2)26(19-30(46)27(4-5-31(47)48)41-36(56)24(18-33(51)52)17-25(44)21-40-43-38)37(57)42-28(20-34(53)54)29(45)16-23(3)35(55)39-7-9-59-11-13-61-15-14-60-12-10-58-8-6-32(49)50;1-2-3-4-5-6/h24,26-28,31-33H,4-23,25H2,1-3H3,(H,44,61)(H,45,62)(H,46,63)(H,53,54)(H,55,56)(H,57,58)(H,59,60);22-24,26-28H,4-21H2,1-3H3,(H,39,55)(H,41,56)(H,42,57)(H,47,48)(H,49,50)(H,51,52)(H,53,54);1H,3-5H2/t27-,28+,31+,32+,33+;23-,24+,26+,27+,28+;/m11./s1/i43-1;;6-1. The lowest BCUT2D eigenvalue weighted by Gasteiger charge is -2.26. The topological polar surface area (TPSA) is 729 Å². The van der Waals surface area contributed by atoms with Crippen molar-refractivity contribution in [2.75, 3.05) is 139 Å². The molecule has 0 fully saturated rings. The number of terminal acetylenes is 1. The van der Waals surface area contributed by atoms with Crippen molar-refractivity contribution in [3.63, 3.8) is 0 Å². The number of rotatable bonds is 81. The number of carbonyl (C=O) groups is 20. The van der Waals surface area contributed by atoms with Crippen LogP contribution < -0.4 is 31.9 Å². The zero-order valence-electron chi connectivity index (χ0n) is 76.2. The van der Waals surface area contributed by atoms with E-state index in [9.17, 15) is 135 Å². The second-order valence-electron chi connectivity index (χ2n) is 30.9. The van der Waals surface area contributed by atoms with Crippen LogP contribution in [-0.4, -0.2) is 337 Å². The van der Waals surface area contributed by atoms with Gasteiger partial charge in [-0.1, -0.05) is 51.9 Å². The molecule has 6 amide bonds. The lowest BCUT2D eigenvalue weighted by molar-refractivity contribution is -0.143. The Kier molecular flexibility index (Phi) is 70.0. The van der Waals surface area contributed by atoms with Gasteiger partial charge in [0.15, 0.2) is 28.9 Å². The monoisotopic (exact) mass is 1920 g/mol. The van der Waals surface area contributed by atoms with Crippen molar-refractivity contribution in [3.8, 4) is 12.3 Å². The fourth-order valence-corrected chi connectivity index (χ4v) is 11.7. The van der Waals surface area contributed by atoms with E-state index < -0.39 is 299 Å². The normalized spacial score (nSPS) is 13.1. The second kappa shape index (κ2) is 75.5. The maximum atomic E-state index is 13.7. The van der Waals surface area contributed by atoms with Crippen molar-refractivity contribution in [3.05, 3.63) is 22.3 Å². The number of nitrogens with one attached hydrogen (secondary N) is 6. The highest BCUT2D eigenvalue weighted by Crippen LogP contribution is 2.24. The Morgan fingerprint density at radius 1 is 0.410 bits per heavy atom. The number of aromatic nitrogens is 3. The highest BCUT2D eigenvalue weighted by atomic mass is 18.2. The number of aryl methyl sites for hydroxylation is 1. The Balaban J connectivity index is 0. The number of unbranched alkanes of at least 4 members (excludes halogenated alkanes) is 1. The first-order valence-electron chi connectivity index (χ1n) is 43.2. The molecule has 0 spiro atoms. The summed E-state index contributed by atoms with van der Waals surface area (Å²) in [6, 6.07) is -6.34.